The van der Waals surface area contributed by atoms with Crippen LogP contribution in [0.2, 0.25) is 9.36 Å². The lowest BCUT2D eigenvalue weighted by atomic mass is 10.1. The Morgan fingerprint density at radius 2 is 2.06 bits per heavy atom. The molecule has 17 heavy (non-hydrogen) atoms. The van der Waals surface area contributed by atoms with Crippen LogP contribution in [0.15, 0.2) is 34.1 Å². The van der Waals surface area contributed by atoms with Crippen LogP contribution in [0.4, 0.5) is 5.69 Å². The van der Waals surface area contributed by atoms with E-state index in [0.717, 1.165) is 20.1 Å². The van der Waals surface area contributed by atoms with Crippen LogP contribution in [0.25, 0.3) is 0 Å². The second-order valence-corrected chi connectivity index (χ2v) is 6.54. The van der Waals surface area contributed by atoms with Gasteiger partial charge in [0.05, 0.1) is 15.0 Å². The highest BCUT2D eigenvalue weighted by Gasteiger charge is 2.09. The maximum Gasteiger partial charge on any atom is 0.0931 e. The minimum atomic E-state index is 0.172. The summed E-state index contributed by atoms with van der Waals surface area (Å²) in [4.78, 5) is 0. The number of hydrogen-bond donors (Lipinski definition) is 1. The van der Waals surface area contributed by atoms with Gasteiger partial charge >= 0.3 is 0 Å². The summed E-state index contributed by atoms with van der Waals surface area (Å²) in [6, 6.07) is 7.88. The summed E-state index contributed by atoms with van der Waals surface area (Å²) in [6.45, 7) is 2.08. The zero-order chi connectivity index (χ0) is 12.4. The Morgan fingerprint density at radius 3 is 2.71 bits per heavy atom. The van der Waals surface area contributed by atoms with Gasteiger partial charge in [0, 0.05) is 10.5 Å². The van der Waals surface area contributed by atoms with E-state index in [1.54, 1.807) is 0 Å². The standard InChI is InChI=1S/C12H10BrCl2NS/c1-7(8-4-12(15)17-6-8)16-11-5-9(13)2-3-10(11)14/h2-7,16H,1H3. The molecule has 1 heterocycles. The second kappa shape index (κ2) is 5.61. The number of nitrogens with one attached hydrogen (secondary N) is 1. The van der Waals surface area contributed by atoms with Crippen LogP contribution in [-0.4, -0.2) is 0 Å². The third-order valence-corrected chi connectivity index (χ3v) is 4.32. The van der Waals surface area contributed by atoms with E-state index in [1.165, 1.54) is 11.3 Å². The van der Waals surface area contributed by atoms with Gasteiger partial charge in [-0.05, 0) is 42.1 Å². The van der Waals surface area contributed by atoms with Gasteiger partial charge in [-0.15, -0.1) is 11.3 Å². The monoisotopic (exact) mass is 349 g/mol. The van der Waals surface area contributed by atoms with Crippen LogP contribution in [0.1, 0.15) is 18.5 Å². The SMILES string of the molecule is CC(Nc1cc(Br)ccc1Cl)c1csc(Cl)c1. The highest BCUT2D eigenvalue weighted by atomic mass is 79.9. The van der Waals surface area contributed by atoms with Crippen molar-refractivity contribution in [3.05, 3.63) is 49.0 Å². The molecule has 0 aliphatic heterocycles. The predicted molar refractivity (Wildman–Crippen MR) is 80.5 cm³/mol. The summed E-state index contributed by atoms with van der Waals surface area (Å²) in [7, 11) is 0. The summed E-state index contributed by atoms with van der Waals surface area (Å²) >= 11 is 17.0. The van der Waals surface area contributed by atoms with E-state index in [4.69, 9.17) is 23.2 Å². The van der Waals surface area contributed by atoms with Crippen molar-refractivity contribution in [2.45, 2.75) is 13.0 Å². The van der Waals surface area contributed by atoms with E-state index in [1.807, 2.05) is 29.6 Å². The topological polar surface area (TPSA) is 12.0 Å². The largest absolute Gasteiger partial charge is 0.377 e. The summed E-state index contributed by atoms with van der Waals surface area (Å²) in [5.74, 6) is 0. The maximum absolute atomic E-state index is 6.13. The molecule has 1 N–H and O–H groups in total. The lowest BCUT2D eigenvalue weighted by Crippen LogP contribution is -2.05. The molecule has 1 aromatic carbocycles. The van der Waals surface area contributed by atoms with Crippen LogP contribution in [0.3, 0.4) is 0 Å². The van der Waals surface area contributed by atoms with Crippen molar-refractivity contribution in [3.63, 3.8) is 0 Å². The molecule has 0 spiro atoms. The number of hydrogen-bond acceptors (Lipinski definition) is 2. The van der Waals surface area contributed by atoms with Gasteiger partial charge in [-0.3, -0.25) is 0 Å². The summed E-state index contributed by atoms with van der Waals surface area (Å²) in [6.07, 6.45) is 0. The number of rotatable bonds is 3. The Labute approximate surface area is 123 Å². The molecule has 0 bridgehead atoms. The minimum absolute atomic E-state index is 0.172. The van der Waals surface area contributed by atoms with Crippen molar-refractivity contribution in [2.24, 2.45) is 0 Å². The molecule has 0 fully saturated rings. The van der Waals surface area contributed by atoms with Gasteiger partial charge in [0.25, 0.3) is 0 Å². The third kappa shape index (κ3) is 3.38. The molecule has 1 nitrogen and oxygen atoms in total. The second-order valence-electron chi connectivity index (χ2n) is 3.67. The van der Waals surface area contributed by atoms with Gasteiger partial charge in [0.1, 0.15) is 0 Å². The average molecular weight is 351 g/mol. The van der Waals surface area contributed by atoms with Crippen LogP contribution >= 0.6 is 50.5 Å². The quantitative estimate of drug-likeness (QED) is 0.716. The molecule has 0 amide bonds. The molecule has 0 aliphatic rings. The molecule has 0 saturated carbocycles. The zero-order valence-electron chi connectivity index (χ0n) is 9.01. The lowest BCUT2D eigenvalue weighted by Gasteiger charge is -2.15. The zero-order valence-corrected chi connectivity index (χ0v) is 12.9. The highest BCUT2D eigenvalue weighted by molar-refractivity contribution is 9.10. The van der Waals surface area contributed by atoms with Crippen molar-refractivity contribution in [1.29, 1.82) is 0 Å². The van der Waals surface area contributed by atoms with Crippen molar-refractivity contribution < 1.29 is 0 Å². The Kier molecular flexibility index (Phi) is 4.36. The summed E-state index contributed by atoms with van der Waals surface area (Å²) in [5.41, 5.74) is 2.08. The average Bonchev–Trinajstić information content (AvgIpc) is 2.70. The smallest absolute Gasteiger partial charge is 0.0931 e. The van der Waals surface area contributed by atoms with E-state index < -0.39 is 0 Å². The number of benzene rings is 1. The Bertz CT molecular complexity index is 527. The van der Waals surface area contributed by atoms with Gasteiger partial charge in [0.15, 0.2) is 0 Å². The lowest BCUT2D eigenvalue weighted by molar-refractivity contribution is 0.890. The molecule has 5 heteroatoms. The van der Waals surface area contributed by atoms with E-state index in [0.29, 0.717) is 5.02 Å². The first-order valence-corrected chi connectivity index (χ1v) is 7.44. The molecule has 1 atom stereocenters. The van der Waals surface area contributed by atoms with Gasteiger partial charge < -0.3 is 5.32 Å². The molecular weight excluding hydrogens is 341 g/mol. The molecule has 1 unspecified atom stereocenters. The van der Waals surface area contributed by atoms with Crippen molar-refractivity contribution >= 4 is 56.2 Å². The summed E-state index contributed by atoms with van der Waals surface area (Å²) < 4.78 is 1.80. The van der Waals surface area contributed by atoms with Crippen LogP contribution in [-0.2, 0) is 0 Å². The molecule has 2 rings (SSSR count). The van der Waals surface area contributed by atoms with E-state index in [2.05, 4.69) is 28.2 Å². The number of halogens is 3. The van der Waals surface area contributed by atoms with Crippen LogP contribution in [0.5, 0.6) is 0 Å². The molecule has 1 aromatic heterocycles. The number of thiophene rings is 1. The fraction of sp³-hybridized carbons (Fsp3) is 0.167. The first-order valence-electron chi connectivity index (χ1n) is 5.02. The first-order chi connectivity index (χ1) is 8.06. The van der Waals surface area contributed by atoms with Gasteiger partial charge in [0.2, 0.25) is 0 Å². The van der Waals surface area contributed by atoms with Crippen molar-refractivity contribution in [1.82, 2.24) is 0 Å². The Hall–Kier alpha value is -0.220. The summed E-state index contributed by atoms with van der Waals surface area (Å²) in [5, 5.41) is 6.12. The highest BCUT2D eigenvalue weighted by Crippen LogP contribution is 2.31. The number of anilines is 1. The predicted octanol–water partition coefficient (Wildman–Crippen LogP) is 5.99. The van der Waals surface area contributed by atoms with E-state index in [-0.39, 0.29) is 6.04 Å². The Balaban J connectivity index is 2.18. The van der Waals surface area contributed by atoms with Gasteiger partial charge in [-0.25, -0.2) is 0 Å². The molecule has 0 aliphatic carbocycles. The Morgan fingerprint density at radius 1 is 1.29 bits per heavy atom. The maximum atomic E-state index is 6.13. The first kappa shape index (κ1) is 13.2. The van der Waals surface area contributed by atoms with Crippen molar-refractivity contribution in [3.8, 4) is 0 Å². The van der Waals surface area contributed by atoms with E-state index >= 15 is 0 Å². The third-order valence-electron chi connectivity index (χ3n) is 2.39. The molecule has 0 radical (unpaired) electrons. The molecule has 2 aromatic rings. The van der Waals surface area contributed by atoms with Gasteiger partial charge in [-0.1, -0.05) is 39.1 Å². The molecule has 90 valence electrons. The van der Waals surface area contributed by atoms with Crippen LogP contribution < -0.4 is 5.32 Å². The fourth-order valence-corrected chi connectivity index (χ4v) is 2.99. The minimum Gasteiger partial charge on any atom is -0.377 e. The van der Waals surface area contributed by atoms with Crippen LogP contribution in [0, 0.1) is 0 Å². The normalized spacial score (nSPS) is 12.5. The van der Waals surface area contributed by atoms with Crippen molar-refractivity contribution in [2.75, 3.05) is 5.32 Å². The molecular formula is C12H10BrCl2NS. The fourth-order valence-electron chi connectivity index (χ4n) is 1.48. The van der Waals surface area contributed by atoms with Gasteiger partial charge in [-0.2, -0.15) is 0 Å². The van der Waals surface area contributed by atoms with E-state index in [9.17, 15) is 0 Å². The molecule has 0 saturated heterocycles.